The van der Waals surface area contributed by atoms with Crippen LogP contribution < -0.4 is 4.74 Å². The maximum atomic E-state index is 13.2. The summed E-state index contributed by atoms with van der Waals surface area (Å²) in [6, 6.07) is 7.49. The molecule has 1 atom stereocenters. The first-order chi connectivity index (χ1) is 13.0. The van der Waals surface area contributed by atoms with E-state index >= 15 is 0 Å². The Morgan fingerprint density at radius 2 is 1.89 bits per heavy atom. The van der Waals surface area contributed by atoms with Crippen LogP contribution in [0, 0.1) is 5.82 Å². The van der Waals surface area contributed by atoms with E-state index in [9.17, 15) is 14.0 Å². The van der Waals surface area contributed by atoms with Crippen molar-refractivity contribution in [1.29, 1.82) is 0 Å². The Morgan fingerprint density at radius 3 is 2.52 bits per heavy atom. The average Bonchev–Trinajstić information content (AvgIpc) is 2.69. The van der Waals surface area contributed by atoms with Crippen LogP contribution in [0.1, 0.15) is 17.3 Å². The average molecular weight is 436 g/mol. The van der Waals surface area contributed by atoms with Gasteiger partial charge in [-0.2, -0.15) is 0 Å². The quantitative estimate of drug-likeness (QED) is 0.740. The standard InChI is InChI=1S/C19H19BrFN3O3/c1-13(27-17-5-4-15(21)11-16(17)20)18(25)23-7-9-24(10-8-23)19(26)14-3-2-6-22-12-14/h2-6,11-13H,7-10H2,1H3. The molecule has 1 aromatic carbocycles. The minimum Gasteiger partial charge on any atom is -0.480 e. The zero-order valence-corrected chi connectivity index (χ0v) is 16.4. The summed E-state index contributed by atoms with van der Waals surface area (Å²) in [7, 11) is 0. The van der Waals surface area contributed by atoms with Crippen molar-refractivity contribution in [3.8, 4) is 5.75 Å². The minimum atomic E-state index is -0.715. The van der Waals surface area contributed by atoms with Crippen molar-refractivity contribution in [2.75, 3.05) is 26.2 Å². The summed E-state index contributed by atoms with van der Waals surface area (Å²) in [5.41, 5.74) is 0.537. The van der Waals surface area contributed by atoms with Crippen molar-refractivity contribution in [3.63, 3.8) is 0 Å². The van der Waals surface area contributed by atoms with Crippen molar-refractivity contribution in [2.24, 2.45) is 0 Å². The zero-order chi connectivity index (χ0) is 19.4. The molecule has 0 bridgehead atoms. The fraction of sp³-hybridized carbons (Fsp3) is 0.316. The molecule has 2 amide bonds. The van der Waals surface area contributed by atoms with E-state index in [1.165, 1.54) is 24.4 Å². The van der Waals surface area contributed by atoms with Gasteiger partial charge in [0.25, 0.3) is 11.8 Å². The summed E-state index contributed by atoms with van der Waals surface area (Å²) in [6.07, 6.45) is 2.44. The number of halogens is 2. The number of carbonyl (C=O) groups excluding carboxylic acids is 2. The largest absolute Gasteiger partial charge is 0.480 e. The van der Waals surface area contributed by atoms with Crippen LogP contribution in [0.25, 0.3) is 0 Å². The van der Waals surface area contributed by atoms with Crippen molar-refractivity contribution in [3.05, 3.63) is 58.6 Å². The third-order valence-corrected chi connectivity index (χ3v) is 4.95. The highest BCUT2D eigenvalue weighted by molar-refractivity contribution is 9.10. The van der Waals surface area contributed by atoms with Crippen LogP contribution in [0.3, 0.4) is 0 Å². The number of hydrogen-bond donors (Lipinski definition) is 0. The number of rotatable bonds is 4. The van der Waals surface area contributed by atoms with Gasteiger partial charge in [-0.15, -0.1) is 0 Å². The highest BCUT2D eigenvalue weighted by Crippen LogP contribution is 2.26. The van der Waals surface area contributed by atoms with Crippen molar-refractivity contribution in [1.82, 2.24) is 14.8 Å². The van der Waals surface area contributed by atoms with Gasteiger partial charge in [-0.25, -0.2) is 4.39 Å². The minimum absolute atomic E-state index is 0.0882. The molecule has 6 nitrogen and oxygen atoms in total. The van der Waals surface area contributed by atoms with Gasteiger partial charge in [-0.3, -0.25) is 14.6 Å². The van der Waals surface area contributed by atoms with Gasteiger partial charge in [-0.05, 0) is 53.2 Å². The van der Waals surface area contributed by atoms with Crippen LogP contribution in [0.5, 0.6) is 5.75 Å². The SMILES string of the molecule is CC(Oc1ccc(F)cc1Br)C(=O)N1CCN(C(=O)c2cccnc2)CC1. The van der Waals surface area contributed by atoms with E-state index in [2.05, 4.69) is 20.9 Å². The fourth-order valence-corrected chi connectivity index (χ4v) is 3.31. The van der Waals surface area contributed by atoms with Crippen LogP contribution in [-0.2, 0) is 4.79 Å². The van der Waals surface area contributed by atoms with E-state index in [1.807, 2.05) is 0 Å². The maximum absolute atomic E-state index is 13.2. The Hall–Kier alpha value is -2.48. The Bertz CT molecular complexity index is 826. The van der Waals surface area contributed by atoms with E-state index in [-0.39, 0.29) is 17.6 Å². The molecule has 1 saturated heterocycles. The lowest BCUT2D eigenvalue weighted by molar-refractivity contribution is -0.139. The van der Waals surface area contributed by atoms with Gasteiger partial charge in [0.05, 0.1) is 10.0 Å². The number of piperazine rings is 1. The lowest BCUT2D eigenvalue weighted by Crippen LogP contribution is -2.53. The molecule has 27 heavy (non-hydrogen) atoms. The van der Waals surface area contributed by atoms with Gasteiger partial charge in [0.1, 0.15) is 11.6 Å². The Morgan fingerprint density at radius 1 is 1.19 bits per heavy atom. The number of ether oxygens (including phenoxy) is 1. The molecule has 1 unspecified atom stereocenters. The number of pyridine rings is 1. The second kappa shape index (κ2) is 8.47. The van der Waals surface area contributed by atoms with Gasteiger partial charge in [0.2, 0.25) is 0 Å². The van der Waals surface area contributed by atoms with Gasteiger partial charge in [-0.1, -0.05) is 0 Å². The number of aromatic nitrogens is 1. The molecule has 8 heteroatoms. The number of amides is 2. The monoisotopic (exact) mass is 435 g/mol. The van der Waals surface area contributed by atoms with E-state index in [4.69, 9.17) is 4.74 Å². The van der Waals surface area contributed by atoms with Crippen LogP contribution in [-0.4, -0.2) is 58.9 Å². The molecule has 2 aromatic rings. The summed E-state index contributed by atoms with van der Waals surface area (Å²) in [6.45, 7) is 3.43. The molecule has 0 spiro atoms. The normalized spacial score (nSPS) is 15.4. The third-order valence-electron chi connectivity index (χ3n) is 4.33. The lowest BCUT2D eigenvalue weighted by atomic mass is 10.2. The predicted octanol–water partition coefficient (Wildman–Crippen LogP) is 2.74. The summed E-state index contributed by atoms with van der Waals surface area (Å²) in [5, 5.41) is 0. The second-order valence-corrected chi connectivity index (χ2v) is 7.05. The summed E-state index contributed by atoms with van der Waals surface area (Å²) < 4.78 is 19.3. The maximum Gasteiger partial charge on any atom is 0.263 e. The first-order valence-electron chi connectivity index (χ1n) is 8.55. The molecular formula is C19H19BrFN3O3. The third kappa shape index (κ3) is 4.63. The van der Waals surface area contributed by atoms with E-state index in [0.717, 1.165) is 0 Å². The van der Waals surface area contributed by atoms with Crippen LogP contribution >= 0.6 is 15.9 Å². The number of hydrogen-bond acceptors (Lipinski definition) is 4. The van der Waals surface area contributed by atoms with Gasteiger partial charge >= 0.3 is 0 Å². The van der Waals surface area contributed by atoms with E-state index in [0.29, 0.717) is 42.0 Å². The van der Waals surface area contributed by atoms with Crippen molar-refractivity contribution < 1.29 is 18.7 Å². The topological polar surface area (TPSA) is 62.7 Å². The summed E-state index contributed by atoms with van der Waals surface area (Å²) in [5.74, 6) is -0.236. The highest BCUT2D eigenvalue weighted by atomic mass is 79.9. The Balaban J connectivity index is 1.55. The summed E-state index contributed by atoms with van der Waals surface area (Å²) >= 11 is 3.23. The van der Waals surface area contributed by atoms with Gasteiger partial charge < -0.3 is 14.5 Å². The smallest absolute Gasteiger partial charge is 0.263 e. The second-order valence-electron chi connectivity index (χ2n) is 6.19. The van der Waals surface area contributed by atoms with E-state index < -0.39 is 6.10 Å². The molecule has 0 aliphatic carbocycles. The molecule has 142 valence electrons. The fourth-order valence-electron chi connectivity index (χ4n) is 2.87. The molecule has 0 radical (unpaired) electrons. The predicted molar refractivity (Wildman–Crippen MR) is 101 cm³/mol. The molecule has 0 N–H and O–H groups in total. The molecule has 1 aliphatic rings. The van der Waals surface area contributed by atoms with Crippen molar-refractivity contribution in [2.45, 2.75) is 13.0 Å². The van der Waals surface area contributed by atoms with Gasteiger partial charge in [0.15, 0.2) is 6.10 Å². The lowest BCUT2D eigenvalue weighted by Gasteiger charge is -2.35. The molecular weight excluding hydrogens is 417 g/mol. The van der Waals surface area contributed by atoms with E-state index in [1.54, 1.807) is 35.1 Å². The van der Waals surface area contributed by atoms with Crippen LogP contribution in [0.2, 0.25) is 0 Å². The zero-order valence-electron chi connectivity index (χ0n) is 14.8. The van der Waals surface area contributed by atoms with Crippen LogP contribution in [0.15, 0.2) is 47.2 Å². The molecule has 3 rings (SSSR count). The number of nitrogens with zero attached hydrogens (tertiary/aromatic N) is 3. The molecule has 1 aromatic heterocycles. The Labute approximate surface area is 165 Å². The molecule has 1 fully saturated rings. The number of benzene rings is 1. The number of carbonyl (C=O) groups is 2. The first-order valence-corrected chi connectivity index (χ1v) is 9.35. The molecule has 2 heterocycles. The van der Waals surface area contributed by atoms with Crippen LogP contribution in [0.4, 0.5) is 4.39 Å². The summed E-state index contributed by atoms with van der Waals surface area (Å²) in [4.78, 5) is 32.4. The Kier molecular flexibility index (Phi) is 6.05. The van der Waals surface area contributed by atoms with Gasteiger partial charge in [0, 0.05) is 38.6 Å². The van der Waals surface area contributed by atoms with Crippen molar-refractivity contribution >= 4 is 27.7 Å². The highest BCUT2D eigenvalue weighted by Gasteiger charge is 2.28. The first kappa shape index (κ1) is 19.3. The molecule has 1 aliphatic heterocycles. The molecule has 0 saturated carbocycles.